The topological polar surface area (TPSA) is 97.1 Å². The van der Waals surface area contributed by atoms with E-state index in [0.717, 1.165) is 41.7 Å². The molecule has 0 bridgehead atoms. The molecule has 0 spiro atoms. The van der Waals surface area contributed by atoms with Gasteiger partial charge in [-0.05, 0) is 43.4 Å². The lowest BCUT2D eigenvalue weighted by Gasteiger charge is -2.31. The molecule has 0 radical (unpaired) electrons. The molecular weight excluding hydrogens is 364 g/mol. The number of nitrogens with one attached hydrogen (secondary N) is 1. The maximum Gasteiger partial charge on any atom is 0.353 e. The summed E-state index contributed by atoms with van der Waals surface area (Å²) in [6, 6.07) is 5.99. The van der Waals surface area contributed by atoms with Crippen molar-refractivity contribution in [3.63, 3.8) is 0 Å². The minimum atomic E-state index is -0.408. The van der Waals surface area contributed by atoms with Crippen LogP contribution in [0.3, 0.4) is 0 Å². The van der Waals surface area contributed by atoms with Crippen LogP contribution in [0.15, 0.2) is 24.5 Å². The van der Waals surface area contributed by atoms with Gasteiger partial charge in [0.25, 0.3) is 0 Å². The first-order valence-electron chi connectivity index (χ1n) is 8.90. The van der Waals surface area contributed by atoms with E-state index in [9.17, 15) is 10.1 Å². The molecule has 3 heterocycles. The van der Waals surface area contributed by atoms with Gasteiger partial charge in [0.1, 0.15) is 6.33 Å². The fourth-order valence-corrected chi connectivity index (χ4v) is 4.39. The quantitative estimate of drug-likeness (QED) is 0.529. The summed E-state index contributed by atoms with van der Waals surface area (Å²) in [6.07, 6.45) is 3.51. The van der Waals surface area contributed by atoms with Crippen molar-refractivity contribution < 1.29 is 4.92 Å². The first-order valence-corrected chi connectivity index (χ1v) is 9.71. The molecule has 1 aliphatic rings. The molecule has 1 aromatic carbocycles. The summed E-state index contributed by atoms with van der Waals surface area (Å²) in [5.74, 6) is 1.04. The van der Waals surface area contributed by atoms with Crippen molar-refractivity contribution in [3.05, 3.63) is 40.2 Å². The molecule has 2 aromatic heterocycles. The van der Waals surface area contributed by atoms with Crippen LogP contribution >= 0.6 is 11.3 Å². The molecule has 8 nitrogen and oxygen atoms in total. The number of fused-ring (bicyclic) bond motifs is 1. The smallest absolute Gasteiger partial charge is 0.350 e. The van der Waals surface area contributed by atoms with Crippen molar-refractivity contribution >= 4 is 44.0 Å². The van der Waals surface area contributed by atoms with Crippen molar-refractivity contribution in [2.24, 2.45) is 5.92 Å². The van der Waals surface area contributed by atoms with E-state index in [1.165, 1.54) is 17.7 Å². The number of nitrogens with zero attached hydrogens (tertiary/aromatic N) is 5. The highest BCUT2D eigenvalue weighted by Crippen LogP contribution is 2.37. The van der Waals surface area contributed by atoms with Crippen LogP contribution in [-0.4, -0.2) is 33.0 Å². The highest BCUT2D eigenvalue weighted by atomic mass is 32.1. The Labute approximate surface area is 160 Å². The first kappa shape index (κ1) is 17.6. The summed E-state index contributed by atoms with van der Waals surface area (Å²) in [4.78, 5) is 26.3. The lowest BCUT2D eigenvalue weighted by atomic mass is 10.0. The predicted octanol–water partition coefficient (Wildman–Crippen LogP) is 4.28. The van der Waals surface area contributed by atoms with Crippen LogP contribution in [0.4, 0.5) is 22.5 Å². The van der Waals surface area contributed by atoms with Crippen LogP contribution < -0.4 is 10.2 Å². The molecule has 140 valence electrons. The number of piperidine rings is 1. The lowest BCUT2D eigenvalue weighted by Crippen LogP contribution is -2.35. The molecule has 3 aromatic rings. The third-order valence-electron chi connectivity index (χ3n) is 4.71. The van der Waals surface area contributed by atoms with Crippen LogP contribution in [-0.2, 0) is 0 Å². The molecule has 1 saturated heterocycles. The van der Waals surface area contributed by atoms with Crippen LogP contribution in [0.5, 0.6) is 0 Å². The summed E-state index contributed by atoms with van der Waals surface area (Å²) in [5.41, 5.74) is 1.91. The third kappa shape index (κ3) is 3.55. The number of nitro groups is 1. The maximum atomic E-state index is 11.8. The molecule has 1 fully saturated rings. The van der Waals surface area contributed by atoms with Crippen LogP contribution in [0.1, 0.15) is 25.3 Å². The second kappa shape index (κ2) is 7.07. The van der Waals surface area contributed by atoms with E-state index in [2.05, 4.69) is 27.2 Å². The van der Waals surface area contributed by atoms with Crippen molar-refractivity contribution in [3.8, 4) is 0 Å². The Morgan fingerprint density at radius 3 is 3.00 bits per heavy atom. The third-order valence-corrected chi connectivity index (χ3v) is 5.64. The first-order chi connectivity index (χ1) is 13.0. The van der Waals surface area contributed by atoms with E-state index in [4.69, 9.17) is 0 Å². The van der Waals surface area contributed by atoms with Gasteiger partial charge >= 0.3 is 5.69 Å². The summed E-state index contributed by atoms with van der Waals surface area (Å²) in [6.45, 7) is 5.70. The summed E-state index contributed by atoms with van der Waals surface area (Å²) in [5, 5.41) is 15.4. The minimum absolute atomic E-state index is 0.0953. The van der Waals surface area contributed by atoms with E-state index in [1.807, 2.05) is 30.0 Å². The SMILES string of the molecule is Cc1ccc2nc(Nc3ncnc(N4CCCC(C)C4)c3[N+](=O)[O-])sc2c1. The fourth-order valence-electron chi connectivity index (χ4n) is 3.43. The van der Waals surface area contributed by atoms with Gasteiger partial charge in [-0.3, -0.25) is 10.1 Å². The monoisotopic (exact) mass is 384 g/mol. The number of aryl methyl sites for hydroxylation is 1. The van der Waals surface area contributed by atoms with E-state index in [0.29, 0.717) is 16.9 Å². The zero-order chi connectivity index (χ0) is 19.0. The number of anilines is 3. The lowest BCUT2D eigenvalue weighted by molar-refractivity contribution is -0.383. The van der Waals surface area contributed by atoms with Gasteiger partial charge in [0, 0.05) is 13.1 Å². The Balaban J connectivity index is 1.71. The molecule has 4 rings (SSSR count). The number of benzene rings is 1. The Morgan fingerprint density at radius 2 is 2.22 bits per heavy atom. The molecule has 0 aliphatic carbocycles. The minimum Gasteiger partial charge on any atom is -0.350 e. The number of rotatable bonds is 4. The highest BCUT2D eigenvalue weighted by Gasteiger charge is 2.29. The van der Waals surface area contributed by atoms with Gasteiger partial charge in [0.05, 0.1) is 15.1 Å². The summed E-state index contributed by atoms with van der Waals surface area (Å²) in [7, 11) is 0. The number of thiazole rings is 1. The molecule has 1 aliphatic heterocycles. The fraction of sp³-hybridized carbons (Fsp3) is 0.389. The molecule has 27 heavy (non-hydrogen) atoms. The van der Waals surface area contributed by atoms with Gasteiger partial charge in [-0.2, -0.15) is 0 Å². The van der Waals surface area contributed by atoms with Crippen LogP contribution in [0.2, 0.25) is 0 Å². The van der Waals surface area contributed by atoms with Gasteiger partial charge in [-0.25, -0.2) is 15.0 Å². The van der Waals surface area contributed by atoms with E-state index in [-0.39, 0.29) is 11.5 Å². The van der Waals surface area contributed by atoms with Crippen molar-refractivity contribution in [2.45, 2.75) is 26.7 Å². The van der Waals surface area contributed by atoms with Gasteiger partial charge < -0.3 is 10.2 Å². The number of aromatic nitrogens is 3. The second-order valence-corrected chi connectivity index (χ2v) is 7.99. The Morgan fingerprint density at radius 1 is 1.37 bits per heavy atom. The molecule has 1 unspecified atom stereocenters. The number of hydrogen-bond acceptors (Lipinski definition) is 8. The average molecular weight is 384 g/mol. The molecular formula is C18H20N6O2S. The second-order valence-electron chi connectivity index (χ2n) is 6.96. The summed E-state index contributed by atoms with van der Waals surface area (Å²) < 4.78 is 1.03. The zero-order valence-corrected chi connectivity index (χ0v) is 16.0. The van der Waals surface area contributed by atoms with Gasteiger partial charge in [0.2, 0.25) is 11.6 Å². The Kier molecular flexibility index (Phi) is 4.61. The van der Waals surface area contributed by atoms with Crippen molar-refractivity contribution in [1.82, 2.24) is 15.0 Å². The highest BCUT2D eigenvalue weighted by molar-refractivity contribution is 7.22. The van der Waals surface area contributed by atoms with Crippen LogP contribution in [0, 0.1) is 23.0 Å². The van der Waals surface area contributed by atoms with Crippen molar-refractivity contribution in [1.29, 1.82) is 0 Å². The Hall–Kier alpha value is -2.81. The molecule has 9 heteroatoms. The van der Waals surface area contributed by atoms with Crippen molar-refractivity contribution in [2.75, 3.05) is 23.3 Å². The van der Waals surface area contributed by atoms with E-state index < -0.39 is 4.92 Å². The maximum absolute atomic E-state index is 11.8. The van der Waals surface area contributed by atoms with E-state index in [1.54, 1.807) is 0 Å². The average Bonchev–Trinajstić information content (AvgIpc) is 3.02. The van der Waals surface area contributed by atoms with Crippen LogP contribution in [0.25, 0.3) is 10.2 Å². The summed E-state index contributed by atoms with van der Waals surface area (Å²) >= 11 is 1.45. The normalized spacial score (nSPS) is 17.3. The standard InChI is InChI=1S/C18H20N6O2S/c1-11-5-6-13-14(8-11)27-18(21-13)22-16-15(24(25)26)17(20-10-19-16)23-7-3-4-12(2)9-23/h5-6,8,10,12H,3-4,7,9H2,1-2H3,(H,19,20,21,22). The van der Waals surface area contributed by atoms with Gasteiger partial charge in [-0.1, -0.05) is 24.3 Å². The zero-order valence-electron chi connectivity index (χ0n) is 15.2. The molecule has 1 atom stereocenters. The molecule has 0 amide bonds. The predicted molar refractivity (Wildman–Crippen MR) is 107 cm³/mol. The Bertz CT molecular complexity index is 1000. The molecule has 0 saturated carbocycles. The number of hydrogen-bond donors (Lipinski definition) is 1. The molecule has 1 N–H and O–H groups in total. The van der Waals surface area contributed by atoms with Gasteiger partial charge in [-0.15, -0.1) is 0 Å². The van der Waals surface area contributed by atoms with Gasteiger partial charge in [0.15, 0.2) is 5.13 Å². The largest absolute Gasteiger partial charge is 0.353 e. The van der Waals surface area contributed by atoms with E-state index >= 15 is 0 Å².